The van der Waals surface area contributed by atoms with E-state index in [1.807, 2.05) is 0 Å². The number of hydrogen-bond acceptors (Lipinski definition) is 5. The molecule has 0 spiro atoms. The van der Waals surface area contributed by atoms with Gasteiger partial charge in [0, 0.05) is 6.07 Å². The molecule has 2 aromatic heterocycles. The van der Waals surface area contributed by atoms with Gasteiger partial charge in [-0.25, -0.2) is 9.37 Å². The molecule has 25 heavy (non-hydrogen) atoms. The number of hydrogen-bond donors (Lipinski definition) is 0. The number of aromatic nitrogens is 2. The molecule has 0 amide bonds. The maximum absolute atomic E-state index is 13.6. The quantitative estimate of drug-likeness (QED) is 0.406. The largest absolute Gasteiger partial charge is 0.618 e. The monoisotopic (exact) mass is 358 g/mol. The molecule has 0 unspecified atom stereocenters. The number of carbonyl (C=O) groups excluding carboxylic acids is 1. The fourth-order valence-corrected chi connectivity index (χ4v) is 3.75. The number of rotatable bonds is 4. The molecule has 128 valence electrons. The predicted molar refractivity (Wildman–Crippen MR) is 91.3 cm³/mol. The SMILES string of the molecule is O=C(c1cccs1)c1c(OC2CCCC2)nc2ccc(F)cc2[n+]1[O-]. The van der Waals surface area contributed by atoms with Gasteiger partial charge in [0.05, 0.1) is 4.88 Å². The van der Waals surface area contributed by atoms with Crippen molar-refractivity contribution in [3.63, 3.8) is 0 Å². The molecule has 1 aliphatic carbocycles. The highest BCUT2D eigenvalue weighted by molar-refractivity contribution is 7.12. The lowest BCUT2D eigenvalue weighted by Crippen LogP contribution is -2.37. The highest BCUT2D eigenvalue weighted by atomic mass is 32.1. The Morgan fingerprint density at radius 3 is 2.84 bits per heavy atom. The van der Waals surface area contributed by atoms with Crippen LogP contribution >= 0.6 is 11.3 Å². The van der Waals surface area contributed by atoms with Gasteiger partial charge in [0.1, 0.15) is 17.4 Å². The number of halogens is 1. The molecule has 1 fully saturated rings. The summed E-state index contributed by atoms with van der Waals surface area (Å²) in [7, 11) is 0. The zero-order chi connectivity index (χ0) is 17.4. The summed E-state index contributed by atoms with van der Waals surface area (Å²) in [5, 5.41) is 14.6. The van der Waals surface area contributed by atoms with Gasteiger partial charge in [0.25, 0.3) is 11.7 Å². The summed E-state index contributed by atoms with van der Waals surface area (Å²) < 4.78 is 19.9. The van der Waals surface area contributed by atoms with Crippen LogP contribution in [0.5, 0.6) is 5.88 Å². The minimum absolute atomic E-state index is 0.0127. The Hall–Kier alpha value is -2.54. The van der Waals surface area contributed by atoms with E-state index in [1.165, 1.54) is 23.5 Å². The number of nitrogens with zero attached hydrogens (tertiary/aromatic N) is 2. The summed E-state index contributed by atoms with van der Waals surface area (Å²) >= 11 is 1.24. The Morgan fingerprint density at radius 2 is 2.12 bits per heavy atom. The van der Waals surface area contributed by atoms with Gasteiger partial charge in [-0.2, -0.15) is 4.73 Å². The number of fused-ring (bicyclic) bond motifs is 1. The molecule has 1 aliphatic rings. The Balaban J connectivity index is 1.89. The van der Waals surface area contributed by atoms with Crippen LogP contribution in [0.3, 0.4) is 0 Å². The number of benzene rings is 1. The van der Waals surface area contributed by atoms with Crippen LogP contribution in [0, 0.1) is 11.0 Å². The molecule has 3 aromatic rings. The second-order valence-corrected chi connectivity index (χ2v) is 6.97. The van der Waals surface area contributed by atoms with Crippen molar-refractivity contribution in [2.24, 2.45) is 0 Å². The smallest absolute Gasteiger partial charge is 0.328 e. The van der Waals surface area contributed by atoms with Gasteiger partial charge in [0.15, 0.2) is 0 Å². The van der Waals surface area contributed by atoms with Crippen molar-refractivity contribution < 1.29 is 18.7 Å². The molecule has 0 aliphatic heterocycles. The van der Waals surface area contributed by atoms with Gasteiger partial charge >= 0.3 is 5.69 Å². The van der Waals surface area contributed by atoms with Crippen LogP contribution in [-0.4, -0.2) is 16.9 Å². The minimum Gasteiger partial charge on any atom is -0.618 e. The first-order chi connectivity index (χ1) is 12.1. The summed E-state index contributed by atoms with van der Waals surface area (Å²) in [6, 6.07) is 7.11. The van der Waals surface area contributed by atoms with Crippen molar-refractivity contribution in [1.82, 2.24) is 4.98 Å². The van der Waals surface area contributed by atoms with E-state index in [0.717, 1.165) is 31.7 Å². The molecule has 1 saturated carbocycles. The third-order valence-electron chi connectivity index (χ3n) is 4.32. The third-order valence-corrected chi connectivity index (χ3v) is 5.19. The number of thiophene rings is 1. The molecule has 7 heteroatoms. The maximum Gasteiger partial charge on any atom is 0.328 e. The molecule has 1 aromatic carbocycles. The third kappa shape index (κ3) is 2.95. The lowest BCUT2D eigenvalue weighted by molar-refractivity contribution is -0.580. The van der Waals surface area contributed by atoms with Crippen LogP contribution < -0.4 is 9.47 Å². The fourth-order valence-electron chi connectivity index (χ4n) is 3.08. The molecule has 0 bridgehead atoms. The zero-order valence-corrected chi connectivity index (χ0v) is 14.1. The van der Waals surface area contributed by atoms with E-state index in [-0.39, 0.29) is 23.2 Å². The highest BCUT2D eigenvalue weighted by Gasteiger charge is 2.31. The average Bonchev–Trinajstić information content (AvgIpc) is 3.29. The Bertz CT molecular complexity index is 937. The second kappa shape index (κ2) is 6.40. The van der Waals surface area contributed by atoms with E-state index in [0.29, 0.717) is 15.1 Å². The normalized spacial score (nSPS) is 14.9. The lowest BCUT2D eigenvalue weighted by Gasteiger charge is -2.15. The molecule has 5 nitrogen and oxygen atoms in total. The van der Waals surface area contributed by atoms with Crippen LogP contribution in [-0.2, 0) is 0 Å². The lowest BCUT2D eigenvalue weighted by atomic mass is 10.2. The van der Waals surface area contributed by atoms with Gasteiger partial charge in [-0.05, 0) is 49.3 Å². The summed E-state index contributed by atoms with van der Waals surface area (Å²) in [6.07, 6.45) is 3.79. The maximum atomic E-state index is 13.6. The van der Waals surface area contributed by atoms with Crippen LogP contribution in [0.15, 0.2) is 35.7 Å². The van der Waals surface area contributed by atoms with E-state index in [4.69, 9.17) is 4.74 Å². The fraction of sp³-hybridized carbons (Fsp3) is 0.278. The Labute approximate surface area is 147 Å². The van der Waals surface area contributed by atoms with Crippen molar-refractivity contribution in [1.29, 1.82) is 0 Å². The average molecular weight is 358 g/mol. The van der Waals surface area contributed by atoms with E-state index >= 15 is 0 Å². The number of carbonyl (C=O) groups is 1. The molecule has 0 radical (unpaired) electrons. The first-order valence-corrected chi connectivity index (χ1v) is 8.99. The topological polar surface area (TPSA) is 66.1 Å². The van der Waals surface area contributed by atoms with Crippen molar-refractivity contribution in [3.8, 4) is 5.88 Å². The first kappa shape index (κ1) is 16.0. The summed E-state index contributed by atoms with van der Waals surface area (Å²) in [5.41, 5.74) is 0.123. The van der Waals surface area contributed by atoms with Crippen molar-refractivity contribution in [2.45, 2.75) is 31.8 Å². The van der Waals surface area contributed by atoms with Crippen LogP contribution in [0.4, 0.5) is 4.39 Å². The first-order valence-electron chi connectivity index (χ1n) is 8.11. The van der Waals surface area contributed by atoms with Crippen LogP contribution in [0.1, 0.15) is 41.0 Å². The van der Waals surface area contributed by atoms with Crippen molar-refractivity contribution in [2.75, 3.05) is 0 Å². The summed E-state index contributed by atoms with van der Waals surface area (Å²) in [4.78, 5) is 17.6. The standard InChI is InChI=1S/C18H15FN2O3S/c19-11-7-8-13-14(10-11)21(23)16(17(22)15-6-3-9-25-15)18(20-13)24-12-4-1-2-5-12/h3,6-10,12H,1-2,4-5H2. The summed E-state index contributed by atoms with van der Waals surface area (Å²) in [5.74, 6) is -0.992. The molecule has 0 saturated heterocycles. The molecule has 2 heterocycles. The van der Waals surface area contributed by atoms with Crippen molar-refractivity contribution >= 4 is 28.2 Å². The van der Waals surface area contributed by atoms with Gasteiger partial charge in [0.2, 0.25) is 5.52 Å². The Kier molecular flexibility index (Phi) is 4.09. The van der Waals surface area contributed by atoms with Crippen molar-refractivity contribution in [3.05, 3.63) is 57.3 Å². The molecular formula is C18H15FN2O3S. The second-order valence-electron chi connectivity index (χ2n) is 6.02. The van der Waals surface area contributed by atoms with E-state index in [9.17, 15) is 14.4 Å². The van der Waals surface area contributed by atoms with E-state index < -0.39 is 11.6 Å². The zero-order valence-electron chi connectivity index (χ0n) is 13.3. The number of ketones is 1. The van der Waals surface area contributed by atoms with E-state index in [1.54, 1.807) is 17.5 Å². The van der Waals surface area contributed by atoms with Gasteiger partial charge < -0.3 is 9.94 Å². The van der Waals surface area contributed by atoms with E-state index in [2.05, 4.69) is 4.98 Å². The van der Waals surface area contributed by atoms with Crippen LogP contribution in [0.25, 0.3) is 11.0 Å². The molecule has 0 atom stereocenters. The van der Waals surface area contributed by atoms with Gasteiger partial charge in [-0.1, -0.05) is 6.07 Å². The molecule has 0 N–H and O–H groups in total. The predicted octanol–water partition coefficient (Wildman–Crippen LogP) is 3.62. The number of ether oxygens (including phenoxy) is 1. The van der Waals surface area contributed by atoms with Gasteiger partial charge in [-0.3, -0.25) is 4.79 Å². The van der Waals surface area contributed by atoms with Gasteiger partial charge in [-0.15, -0.1) is 11.3 Å². The highest BCUT2D eigenvalue weighted by Crippen LogP contribution is 2.27. The molecule has 4 rings (SSSR count). The molecular weight excluding hydrogens is 343 g/mol. The summed E-state index contributed by atoms with van der Waals surface area (Å²) in [6.45, 7) is 0. The van der Waals surface area contributed by atoms with Crippen LogP contribution in [0.2, 0.25) is 0 Å². The Morgan fingerprint density at radius 1 is 1.32 bits per heavy atom. The minimum atomic E-state index is -0.558.